The summed E-state index contributed by atoms with van der Waals surface area (Å²) in [4.78, 5) is 22.1. The third-order valence-corrected chi connectivity index (χ3v) is 10.3. The van der Waals surface area contributed by atoms with E-state index >= 15 is 0 Å². The first-order valence-electron chi connectivity index (χ1n) is 14.8. The van der Waals surface area contributed by atoms with Gasteiger partial charge in [0.1, 0.15) is 6.61 Å². The topological polar surface area (TPSA) is 115 Å². The molecule has 0 saturated heterocycles. The van der Waals surface area contributed by atoms with Gasteiger partial charge < -0.3 is 15.4 Å². The summed E-state index contributed by atoms with van der Waals surface area (Å²) in [6.45, 7) is 3.98. The number of carbonyl (C=O) groups is 1. The monoisotopic (exact) mass is 643 g/mol. The van der Waals surface area contributed by atoms with E-state index in [1.165, 1.54) is 10.2 Å². The van der Waals surface area contributed by atoms with Gasteiger partial charge >= 0.3 is 6.09 Å². The third kappa shape index (κ3) is 6.39. The van der Waals surface area contributed by atoms with Crippen LogP contribution in [0.15, 0.2) is 96.0 Å². The number of fused-ring (bicyclic) bond motifs is 1. The summed E-state index contributed by atoms with van der Waals surface area (Å²) in [7, 11) is -3.90. The van der Waals surface area contributed by atoms with Crippen molar-refractivity contribution < 1.29 is 17.9 Å². The van der Waals surface area contributed by atoms with E-state index in [-0.39, 0.29) is 17.5 Å². The van der Waals surface area contributed by atoms with Crippen molar-refractivity contribution in [1.29, 1.82) is 0 Å². The largest absolute Gasteiger partial charge is 0.445 e. The van der Waals surface area contributed by atoms with Crippen LogP contribution in [0.2, 0.25) is 5.02 Å². The zero-order valence-electron chi connectivity index (χ0n) is 25.0. The van der Waals surface area contributed by atoms with E-state index in [4.69, 9.17) is 21.3 Å². The molecule has 45 heavy (non-hydrogen) atoms. The number of hydrogen-bond acceptors (Lipinski definition) is 7. The summed E-state index contributed by atoms with van der Waals surface area (Å²) in [5, 5.41) is 7.52. The number of rotatable bonds is 8. The third-order valence-electron chi connectivity index (χ3n) is 8.25. The second kappa shape index (κ2) is 12.5. The van der Waals surface area contributed by atoms with E-state index in [2.05, 4.69) is 15.6 Å². The number of halogens is 1. The second-order valence-electron chi connectivity index (χ2n) is 11.6. The summed E-state index contributed by atoms with van der Waals surface area (Å²) in [5.74, 6) is 0.373. The van der Waals surface area contributed by atoms with Crippen molar-refractivity contribution in [1.82, 2.24) is 19.3 Å². The van der Waals surface area contributed by atoms with E-state index in [1.54, 1.807) is 43.3 Å². The highest BCUT2D eigenvalue weighted by molar-refractivity contribution is 7.90. The lowest BCUT2D eigenvalue weighted by Crippen LogP contribution is -2.51. The molecule has 0 unspecified atom stereocenters. The van der Waals surface area contributed by atoms with Crippen LogP contribution in [0.3, 0.4) is 0 Å². The van der Waals surface area contributed by atoms with Gasteiger partial charge in [-0.05, 0) is 63.3 Å². The second-order valence-corrected chi connectivity index (χ2v) is 13.8. The average Bonchev–Trinajstić information content (AvgIpc) is 3.34. The van der Waals surface area contributed by atoms with E-state index in [0.29, 0.717) is 45.2 Å². The van der Waals surface area contributed by atoms with Gasteiger partial charge in [-0.1, -0.05) is 78.3 Å². The number of benzene rings is 3. The van der Waals surface area contributed by atoms with Gasteiger partial charge in [0.05, 0.1) is 27.3 Å². The smallest absolute Gasteiger partial charge is 0.407 e. The van der Waals surface area contributed by atoms with Crippen LogP contribution in [0.1, 0.15) is 43.9 Å². The molecule has 0 spiro atoms. The van der Waals surface area contributed by atoms with E-state index in [0.717, 1.165) is 24.8 Å². The molecular formula is C34H34ClN5O4S. The van der Waals surface area contributed by atoms with Gasteiger partial charge in [0, 0.05) is 28.2 Å². The van der Waals surface area contributed by atoms with Crippen LogP contribution in [-0.4, -0.2) is 40.0 Å². The fourth-order valence-electron chi connectivity index (χ4n) is 6.17. The van der Waals surface area contributed by atoms with E-state index in [1.807, 2.05) is 55.5 Å². The summed E-state index contributed by atoms with van der Waals surface area (Å²) < 4.78 is 34.5. The molecule has 0 aliphatic heterocycles. The molecule has 2 aromatic heterocycles. The minimum absolute atomic E-state index is 0.0203. The zero-order valence-corrected chi connectivity index (χ0v) is 26.6. The van der Waals surface area contributed by atoms with Crippen molar-refractivity contribution in [2.24, 2.45) is 0 Å². The predicted octanol–water partition coefficient (Wildman–Crippen LogP) is 7.34. The average molecular weight is 644 g/mol. The van der Waals surface area contributed by atoms with Gasteiger partial charge in [0.15, 0.2) is 0 Å². The molecule has 232 valence electrons. The van der Waals surface area contributed by atoms with E-state index < -0.39 is 21.7 Å². The fraction of sp³-hybridized carbons (Fsp3) is 0.265. The molecule has 1 amide bonds. The number of alkyl carbamates (subject to hydrolysis) is 1. The van der Waals surface area contributed by atoms with Crippen molar-refractivity contribution in [2.45, 2.75) is 62.6 Å². The molecule has 5 aromatic rings. The quantitative estimate of drug-likeness (QED) is 0.182. The molecule has 0 radical (unpaired) electrons. The predicted molar refractivity (Wildman–Crippen MR) is 176 cm³/mol. The standard InChI is InChI=1S/C34H34ClN5O4S/c1-23-30(27-17-9-10-18-29(27)40(23)45(42,43)26-15-7-4-8-16-26)31-28(35)21-36-32(38-31)37-25-14-11-19-34(2,20-25)39-33(41)44-22-24-12-5-3-6-13-24/h3-10,12-13,15-18,21,25H,11,14,19-20,22H2,1-2H3,(H,39,41)(H,36,37,38)/t25-,34+/m1/s1. The number of aromatic nitrogens is 3. The maximum Gasteiger partial charge on any atom is 0.407 e. The van der Waals surface area contributed by atoms with Gasteiger partial charge in [-0.3, -0.25) is 0 Å². The van der Waals surface area contributed by atoms with Crippen LogP contribution in [-0.2, 0) is 21.4 Å². The molecule has 9 nitrogen and oxygen atoms in total. The molecule has 2 N–H and O–H groups in total. The number of nitrogens with one attached hydrogen (secondary N) is 2. The van der Waals surface area contributed by atoms with Crippen molar-refractivity contribution in [3.8, 4) is 11.3 Å². The van der Waals surface area contributed by atoms with Gasteiger partial charge in [-0.2, -0.15) is 0 Å². The Morgan fingerprint density at radius 3 is 2.49 bits per heavy atom. The van der Waals surface area contributed by atoms with Crippen LogP contribution in [0.5, 0.6) is 0 Å². The highest BCUT2D eigenvalue weighted by Gasteiger charge is 2.35. The SMILES string of the molecule is Cc1c(-c2nc(N[C@@H]3CCC[C@](C)(NC(=O)OCc4ccccc4)C3)ncc2Cl)c2ccccc2n1S(=O)(=O)c1ccccc1. The first-order chi connectivity index (χ1) is 21.6. The van der Waals surface area contributed by atoms with Crippen LogP contribution in [0, 0.1) is 6.92 Å². The zero-order chi connectivity index (χ0) is 31.6. The van der Waals surface area contributed by atoms with E-state index in [9.17, 15) is 13.2 Å². The maximum absolute atomic E-state index is 13.8. The van der Waals surface area contributed by atoms with Gasteiger partial charge in [-0.25, -0.2) is 27.2 Å². The number of nitrogens with zero attached hydrogens (tertiary/aromatic N) is 3. The summed E-state index contributed by atoms with van der Waals surface area (Å²) >= 11 is 6.69. The Morgan fingerprint density at radius 2 is 1.73 bits per heavy atom. The first kappa shape index (κ1) is 30.6. The van der Waals surface area contributed by atoms with Crippen molar-refractivity contribution >= 4 is 44.6 Å². The number of hydrogen-bond donors (Lipinski definition) is 2. The van der Waals surface area contributed by atoms with Crippen molar-refractivity contribution in [3.63, 3.8) is 0 Å². The van der Waals surface area contributed by atoms with Gasteiger partial charge in [-0.15, -0.1) is 0 Å². The van der Waals surface area contributed by atoms with Crippen LogP contribution in [0.4, 0.5) is 10.7 Å². The molecule has 1 fully saturated rings. The minimum atomic E-state index is -3.90. The Hall–Kier alpha value is -4.41. The molecule has 2 heterocycles. The Morgan fingerprint density at radius 1 is 1.04 bits per heavy atom. The van der Waals surface area contributed by atoms with Crippen LogP contribution >= 0.6 is 11.6 Å². The van der Waals surface area contributed by atoms with Crippen LogP contribution < -0.4 is 10.6 Å². The van der Waals surface area contributed by atoms with Crippen molar-refractivity contribution in [3.05, 3.63) is 107 Å². The number of carbonyl (C=O) groups excluding carboxylic acids is 1. The van der Waals surface area contributed by atoms with Crippen molar-refractivity contribution in [2.75, 3.05) is 5.32 Å². The maximum atomic E-state index is 13.8. The number of amides is 1. The molecule has 1 aliphatic carbocycles. The lowest BCUT2D eigenvalue weighted by atomic mass is 9.80. The van der Waals surface area contributed by atoms with Gasteiger partial charge in [0.25, 0.3) is 10.0 Å². The molecule has 2 atom stereocenters. The fourth-order valence-corrected chi connectivity index (χ4v) is 7.94. The lowest BCUT2D eigenvalue weighted by Gasteiger charge is -2.38. The summed E-state index contributed by atoms with van der Waals surface area (Å²) in [6.07, 6.45) is 4.28. The van der Waals surface area contributed by atoms with Crippen LogP contribution in [0.25, 0.3) is 22.2 Å². The molecule has 3 aromatic carbocycles. The summed E-state index contributed by atoms with van der Waals surface area (Å²) in [5.41, 5.74) is 2.53. The Labute approximate surface area is 267 Å². The Kier molecular flexibility index (Phi) is 8.52. The molecule has 0 bridgehead atoms. The normalized spacial score (nSPS) is 18.4. The molecule has 6 rings (SSSR count). The molecule has 1 saturated carbocycles. The number of ether oxygens (including phenoxy) is 1. The Bertz CT molecular complexity index is 1950. The highest BCUT2D eigenvalue weighted by atomic mass is 35.5. The minimum Gasteiger partial charge on any atom is -0.445 e. The number of para-hydroxylation sites is 1. The first-order valence-corrected chi connectivity index (χ1v) is 16.7. The molecule has 1 aliphatic rings. The highest BCUT2D eigenvalue weighted by Crippen LogP contribution is 2.39. The molecule has 11 heteroatoms. The van der Waals surface area contributed by atoms with Gasteiger partial charge in [0.2, 0.25) is 5.95 Å². The summed E-state index contributed by atoms with van der Waals surface area (Å²) in [6, 6.07) is 25.2. The Balaban J connectivity index is 1.25. The lowest BCUT2D eigenvalue weighted by molar-refractivity contribution is 0.120. The number of anilines is 1. The molecular weight excluding hydrogens is 610 g/mol.